The van der Waals surface area contributed by atoms with E-state index in [1.54, 1.807) is 0 Å². The smallest absolute Gasteiger partial charge is 0.407 e. The van der Waals surface area contributed by atoms with Crippen molar-refractivity contribution in [2.45, 2.75) is 58.5 Å². The van der Waals surface area contributed by atoms with E-state index in [9.17, 15) is 4.79 Å². The average molecular weight is 268 g/mol. The number of amides is 1. The molecule has 1 atom stereocenters. The summed E-state index contributed by atoms with van der Waals surface area (Å²) >= 11 is 0. The highest BCUT2D eigenvalue weighted by atomic mass is 16.6. The van der Waals surface area contributed by atoms with E-state index in [4.69, 9.17) is 4.74 Å². The topological polar surface area (TPSA) is 50.4 Å². The van der Waals surface area contributed by atoms with Gasteiger partial charge in [-0.25, -0.2) is 4.79 Å². The van der Waals surface area contributed by atoms with Gasteiger partial charge in [0.15, 0.2) is 0 Å². The molecule has 110 valence electrons. The second-order valence-corrected chi connectivity index (χ2v) is 7.11. The highest BCUT2D eigenvalue weighted by molar-refractivity contribution is 5.67. The number of carbonyl (C=O) groups is 1. The highest BCUT2D eigenvalue weighted by Crippen LogP contribution is 2.46. The monoisotopic (exact) mass is 268 g/mol. The molecule has 1 saturated heterocycles. The molecule has 0 aromatic carbocycles. The Morgan fingerprint density at radius 2 is 2.05 bits per heavy atom. The van der Waals surface area contributed by atoms with E-state index in [-0.39, 0.29) is 6.09 Å². The molecule has 0 aromatic rings. The van der Waals surface area contributed by atoms with Crippen molar-refractivity contribution >= 4 is 6.09 Å². The molecule has 2 fully saturated rings. The summed E-state index contributed by atoms with van der Waals surface area (Å²) in [7, 11) is 0. The van der Waals surface area contributed by atoms with Gasteiger partial charge in [-0.2, -0.15) is 0 Å². The quantitative estimate of drug-likeness (QED) is 0.827. The van der Waals surface area contributed by atoms with Gasteiger partial charge in [0, 0.05) is 6.54 Å². The molecule has 2 N–H and O–H groups in total. The Hall–Kier alpha value is -0.770. The fraction of sp³-hybridized carbons (Fsp3) is 0.933. The summed E-state index contributed by atoms with van der Waals surface area (Å²) in [4.78, 5) is 11.8. The van der Waals surface area contributed by atoms with Gasteiger partial charge in [0.25, 0.3) is 0 Å². The van der Waals surface area contributed by atoms with Crippen molar-refractivity contribution in [3.63, 3.8) is 0 Å². The number of hydrogen-bond acceptors (Lipinski definition) is 3. The molecule has 0 aromatic heterocycles. The maximum absolute atomic E-state index is 11.8. The fourth-order valence-electron chi connectivity index (χ4n) is 3.55. The zero-order valence-corrected chi connectivity index (χ0v) is 12.6. The molecule has 0 spiro atoms. The van der Waals surface area contributed by atoms with Gasteiger partial charge in [-0.05, 0) is 64.5 Å². The first kappa shape index (κ1) is 14.6. The predicted molar refractivity (Wildman–Crippen MR) is 76.1 cm³/mol. The summed E-state index contributed by atoms with van der Waals surface area (Å²) < 4.78 is 5.34. The largest absolute Gasteiger partial charge is 0.444 e. The van der Waals surface area contributed by atoms with E-state index < -0.39 is 5.60 Å². The Balaban J connectivity index is 1.89. The Bertz CT molecular complexity index is 311. The van der Waals surface area contributed by atoms with E-state index in [1.807, 2.05) is 20.8 Å². The van der Waals surface area contributed by atoms with Crippen molar-refractivity contribution in [3.05, 3.63) is 0 Å². The van der Waals surface area contributed by atoms with Crippen molar-refractivity contribution < 1.29 is 9.53 Å². The van der Waals surface area contributed by atoms with Crippen LogP contribution in [0.2, 0.25) is 0 Å². The second kappa shape index (κ2) is 5.70. The highest BCUT2D eigenvalue weighted by Gasteiger charge is 2.42. The molecule has 0 bridgehead atoms. The first-order valence-electron chi connectivity index (χ1n) is 7.59. The molecular formula is C15H28N2O2. The molecule has 19 heavy (non-hydrogen) atoms. The van der Waals surface area contributed by atoms with E-state index >= 15 is 0 Å². The van der Waals surface area contributed by atoms with E-state index in [0.717, 1.165) is 19.6 Å². The van der Waals surface area contributed by atoms with Crippen LogP contribution in [0.1, 0.15) is 52.9 Å². The number of rotatable bonds is 3. The molecule has 1 unspecified atom stereocenters. The van der Waals surface area contributed by atoms with Gasteiger partial charge in [0.1, 0.15) is 5.60 Å². The summed E-state index contributed by atoms with van der Waals surface area (Å²) in [5.41, 5.74) is -0.109. The fourth-order valence-corrected chi connectivity index (χ4v) is 3.55. The Kier molecular flexibility index (Phi) is 4.39. The van der Waals surface area contributed by atoms with Crippen molar-refractivity contribution in [2.75, 3.05) is 19.6 Å². The van der Waals surface area contributed by atoms with Crippen LogP contribution in [0.4, 0.5) is 4.79 Å². The molecule has 0 radical (unpaired) electrons. The lowest BCUT2D eigenvalue weighted by molar-refractivity contribution is 0.0477. The lowest BCUT2D eigenvalue weighted by atomic mass is 9.73. The first-order chi connectivity index (χ1) is 8.91. The van der Waals surface area contributed by atoms with Gasteiger partial charge < -0.3 is 15.4 Å². The average Bonchev–Trinajstić information content (AvgIpc) is 2.96. The van der Waals surface area contributed by atoms with Crippen molar-refractivity contribution in [2.24, 2.45) is 11.3 Å². The van der Waals surface area contributed by atoms with Gasteiger partial charge in [-0.1, -0.05) is 12.8 Å². The van der Waals surface area contributed by atoms with Crippen molar-refractivity contribution in [3.8, 4) is 0 Å². The minimum Gasteiger partial charge on any atom is -0.444 e. The third-order valence-electron chi connectivity index (χ3n) is 4.51. The molecule has 2 rings (SSSR count). The van der Waals surface area contributed by atoms with Crippen LogP contribution >= 0.6 is 0 Å². The molecule has 4 nitrogen and oxygen atoms in total. The van der Waals surface area contributed by atoms with Crippen LogP contribution in [0.3, 0.4) is 0 Å². The Labute approximate surface area is 116 Å². The molecule has 2 aliphatic rings. The van der Waals surface area contributed by atoms with Crippen molar-refractivity contribution in [1.82, 2.24) is 10.6 Å². The van der Waals surface area contributed by atoms with Crippen LogP contribution < -0.4 is 10.6 Å². The minimum absolute atomic E-state index is 0.273. The van der Waals surface area contributed by atoms with Crippen LogP contribution in [0, 0.1) is 11.3 Å². The SMILES string of the molecule is CC(C)(C)OC(=O)NCC1(C2CCNC2)CCCC1. The van der Waals surface area contributed by atoms with Crippen LogP contribution in [-0.4, -0.2) is 31.3 Å². The zero-order valence-electron chi connectivity index (χ0n) is 12.6. The van der Waals surface area contributed by atoms with Gasteiger partial charge in [-0.15, -0.1) is 0 Å². The number of alkyl carbamates (subject to hydrolysis) is 1. The maximum atomic E-state index is 11.8. The van der Waals surface area contributed by atoms with Crippen LogP contribution in [-0.2, 0) is 4.74 Å². The summed E-state index contributed by atoms with van der Waals surface area (Å²) in [5, 5.41) is 6.47. The Morgan fingerprint density at radius 1 is 1.37 bits per heavy atom. The standard InChI is InChI=1S/C15H28N2O2/c1-14(2,3)19-13(18)17-11-15(7-4-5-8-15)12-6-9-16-10-12/h12,16H,4-11H2,1-3H3,(H,17,18). The summed E-state index contributed by atoms with van der Waals surface area (Å²) in [6, 6.07) is 0. The minimum atomic E-state index is -0.415. The molecular weight excluding hydrogens is 240 g/mol. The van der Waals surface area contributed by atoms with Gasteiger partial charge in [-0.3, -0.25) is 0 Å². The number of hydrogen-bond donors (Lipinski definition) is 2. The molecule has 1 saturated carbocycles. The molecule has 4 heteroatoms. The molecule has 1 amide bonds. The van der Waals surface area contributed by atoms with E-state index in [0.29, 0.717) is 11.3 Å². The van der Waals surface area contributed by atoms with Crippen LogP contribution in [0.15, 0.2) is 0 Å². The maximum Gasteiger partial charge on any atom is 0.407 e. The van der Waals surface area contributed by atoms with Gasteiger partial charge >= 0.3 is 6.09 Å². The molecule has 1 heterocycles. The number of nitrogens with one attached hydrogen (secondary N) is 2. The molecule has 1 aliphatic carbocycles. The van der Waals surface area contributed by atoms with Crippen molar-refractivity contribution in [1.29, 1.82) is 0 Å². The van der Waals surface area contributed by atoms with E-state index in [2.05, 4.69) is 10.6 Å². The summed E-state index contributed by atoms with van der Waals surface area (Å²) in [6.45, 7) is 8.71. The van der Waals surface area contributed by atoms with Gasteiger partial charge in [0.2, 0.25) is 0 Å². The number of carbonyl (C=O) groups excluding carboxylic acids is 1. The first-order valence-corrected chi connectivity index (χ1v) is 7.59. The third kappa shape index (κ3) is 3.85. The number of ether oxygens (including phenoxy) is 1. The molecule has 1 aliphatic heterocycles. The zero-order chi connectivity index (χ0) is 13.9. The van der Waals surface area contributed by atoms with Crippen LogP contribution in [0.25, 0.3) is 0 Å². The van der Waals surface area contributed by atoms with Crippen LogP contribution in [0.5, 0.6) is 0 Å². The lowest BCUT2D eigenvalue weighted by Gasteiger charge is -2.35. The van der Waals surface area contributed by atoms with E-state index in [1.165, 1.54) is 32.1 Å². The normalized spacial score (nSPS) is 26.4. The predicted octanol–water partition coefficient (Wildman–Crippen LogP) is 2.68. The van der Waals surface area contributed by atoms with Gasteiger partial charge in [0.05, 0.1) is 0 Å². The summed E-state index contributed by atoms with van der Waals surface area (Å²) in [5.74, 6) is 0.713. The summed E-state index contributed by atoms with van der Waals surface area (Å²) in [6.07, 6.45) is 6.06. The second-order valence-electron chi connectivity index (χ2n) is 7.11. The third-order valence-corrected chi connectivity index (χ3v) is 4.51. The lowest BCUT2D eigenvalue weighted by Crippen LogP contribution is -2.43. The Morgan fingerprint density at radius 3 is 2.58 bits per heavy atom.